The minimum atomic E-state index is -0.374. The standard InChI is InChI=1S/C11H24N2O/c1-5-7-9(6-2)13-11(14)10(12)8(3)4/h8-10H,5-7,12H2,1-4H3,(H,13,14). The predicted molar refractivity (Wildman–Crippen MR) is 59.9 cm³/mol. The van der Waals surface area contributed by atoms with Crippen molar-refractivity contribution in [3.05, 3.63) is 0 Å². The van der Waals surface area contributed by atoms with Gasteiger partial charge >= 0.3 is 0 Å². The van der Waals surface area contributed by atoms with Gasteiger partial charge in [0.15, 0.2) is 0 Å². The van der Waals surface area contributed by atoms with Crippen LogP contribution >= 0.6 is 0 Å². The molecule has 3 nitrogen and oxygen atoms in total. The summed E-state index contributed by atoms with van der Waals surface area (Å²) in [6, 6.07) is -0.0850. The molecule has 3 N–H and O–H groups in total. The Morgan fingerprint density at radius 2 is 1.93 bits per heavy atom. The smallest absolute Gasteiger partial charge is 0.237 e. The van der Waals surface area contributed by atoms with E-state index in [-0.39, 0.29) is 23.9 Å². The highest BCUT2D eigenvalue weighted by Gasteiger charge is 2.19. The molecule has 3 heteroatoms. The average Bonchev–Trinajstić information content (AvgIpc) is 2.15. The summed E-state index contributed by atoms with van der Waals surface area (Å²) in [4.78, 5) is 11.6. The second-order valence-electron chi connectivity index (χ2n) is 4.17. The van der Waals surface area contributed by atoms with Gasteiger partial charge in [0, 0.05) is 6.04 Å². The maximum Gasteiger partial charge on any atom is 0.237 e. The van der Waals surface area contributed by atoms with Gasteiger partial charge in [-0.05, 0) is 18.8 Å². The summed E-state index contributed by atoms with van der Waals surface area (Å²) in [7, 11) is 0. The van der Waals surface area contributed by atoms with E-state index < -0.39 is 0 Å². The first kappa shape index (κ1) is 13.4. The molecule has 0 aliphatic heterocycles. The maximum atomic E-state index is 11.6. The Bertz CT molecular complexity index is 169. The molecule has 0 aromatic heterocycles. The minimum Gasteiger partial charge on any atom is -0.352 e. The molecule has 1 amide bonds. The van der Waals surface area contributed by atoms with Gasteiger partial charge in [-0.15, -0.1) is 0 Å². The molecule has 84 valence electrons. The van der Waals surface area contributed by atoms with Gasteiger partial charge in [-0.1, -0.05) is 34.1 Å². The van der Waals surface area contributed by atoms with Crippen LogP contribution in [0.1, 0.15) is 47.0 Å². The number of hydrogen-bond acceptors (Lipinski definition) is 2. The molecule has 2 atom stereocenters. The lowest BCUT2D eigenvalue weighted by molar-refractivity contribution is -0.124. The first-order valence-corrected chi connectivity index (χ1v) is 5.58. The normalized spacial score (nSPS) is 15.3. The summed E-state index contributed by atoms with van der Waals surface area (Å²) >= 11 is 0. The lowest BCUT2D eigenvalue weighted by Crippen LogP contribution is -2.47. The lowest BCUT2D eigenvalue weighted by atomic mass is 10.0. The summed E-state index contributed by atoms with van der Waals surface area (Å²) < 4.78 is 0. The molecule has 0 bridgehead atoms. The highest BCUT2D eigenvalue weighted by atomic mass is 16.2. The largest absolute Gasteiger partial charge is 0.352 e. The van der Waals surface area contributed by atoms with Crippen molar-refractivity contribution in [3.8, 4) is 0 Å². The lowest BCUT2D eigenvalue weighted by Gasteiger charge is -2.21. The summed E-state index contributed by atoms with van der Waals surface area (Å²) in [5, 5.41) is 2.98. The number of hydrogen-bond donors (Lipinski definition) is 2. The topological polar surface area (TPSA) is 55.1 Å². The van der Waals surface area contributed by atoms with Crippen LogP contribution in [0.5, 0.6) is 0 Å². The van der Waals surface area contributed by atoms with Crippen LogP contribution in [0.25, 0.3) is 0 Å². The quantitative estimate of drug-likeness (QED) is 0.685. The summed E-state index contributed by atoms with van der Waals surface area (Å²) in [5.74, 6) is 0.189. The SMILES string of the molecule is CCCC(CC)NC(=O)C(N)C(C)C. The Kier molecular flexibility index (Phi) is 6.54. The Labute approximate surface area is 87.4 Å². The molecule has 0 radical (unpaired) electrons. The second kappa shape index (κ2) is 6.82. The van der Waals surface area contributed by atoms with E-state index >= 15 is 0 Å². The van der Waals surface area contributed by atoms with Crippen LogP contribution in [0.2, 0.25) is 0 Å². The fourth-order valence-electron chi connectivity index (χ4n) is 1.33. The molecule has 0 aliphatic carbocycles. The summed E-state index contributed by atoms with van der Waals surface area (Å²) in [5.41, 5.74) is 5.75. The van der Waals surface area contributed by atoms with Gasteiger partial charge in [0.1, 0.15) is 0 Å². The molecule has 0 saturated heterocycles. The molecule has 14 heavy (non-hydrogen) atoms. The number of amides is 1. The van der Waals surface area contributed by atoms with Crippen molar-refractivity contribution in [1.82, 2.24) is 5.32 Å². The zero-order valence-corrected chi connectivity index (χ0v) is 9.84. The molecular formula is C11H24N2O. The fourth-order valence-corrected chi connectivity index (χ4v) is 1.33. The molecule has 0 saturated carbocycles. The van der Waals surface area contributed by atoms with Gasteiger partial charge in [0.25, 0.3) is 0 Å². The Hall–Kier alpha value is -0.570. The number of nitrogens with one attached hydrogen (secondary N) is 1. The molecule has 0 aromatic carbocycles. The molecule has 2 unspecified atom stereocenters. The zero-order chi connectivity index (χ0) is 11.1. The van der Waals surface area contributed by atoms with Crippen molar-refractivity contribution in [2.75, 3.05) is 0 Å². The van der Waals surface area contributed by atoms with Gasteiger partial charge in [-0.25, -0.2) is 0 Å². The molecule has 0 fully saturated rings. The third-order valence-corrected chi connectivity index (χ3v) is 2.50. The minimum absolute atomic E-state index is 0.0136. The zero-order valence-electron chi connectivity index (χ0n) is 9.84. The van der Waals surface area contributed by atoms with Crippen LogP contribution in [0.3, 0.4) is 0 Å². The van der Waals surface area contributed by atoms with Crippen LogP contribution in [0.4, 0.5) is 0 Å². The molecule has 0 rings (SSSR count). The van der Waals surface area contributed by atoms with Crippen molar-refractivity contribution in [2.24, 2.45) is 11.7 Å². The van der Waals surface area contributed by atoms with Crippen LogP contribution in [0, 0.1) is 5.92 Å². The van der Waals surface area contributed by atoms with Gasteiger partial charge < -0.3 is 11.1 Å². The van der Waals surface area contributed by atoms with Gasteiger partial charge in [-0.3, -0.25) is 4.79 Å². The van der Waals surface area contributed by atoms with E-state index in [4.69, 9.17) is 5.73 Å². The Morgan fingerprint density at radius 1 is 1.36 bits per heavy atom. The molecule has 0 spiro atoms. The van der Waals surface area contributed by atoms with Crippen molar-refractivity contribution in [1.29, 1.82) is 0 Å². The van der Waals surface area contributed by atoms with Gasteiger partial charge in [0.05, 0.1) is 6.04 Å². The van der Waals surface area contributed by atoms with Crippen LogP contribution in [-0.4, -0.2) is 18.0 Å². The number of rotatable bonds is 6. The van der Waals surface area contributed by atoms with Crippen molar-refractivity contribution in [2.45, 2.75) is 59.0 Å². The Balaban J connectivity index is 4.01. The first-order valence-electron chi connectivity index (χ1n) is 5.58. The monoisotopic (exact) mass is 200 g/mol. The third kappa shape index (κ3) is 4.61. The van der Waals surface area contributed by atoms with Crippen LogP contribution < -0.4 is 11.1 Å². The predicted octanol–water partition coefficient (Wildman–Crippen LogP) is 1.66. The van der Waals surface area contributed by atoms with Gasteiger partial charge in [-0.2, -0.15) is 0 Å². The number of nitrogens with two attached hydrogens (primary N) is 1. The van der Waals surface area contributed by atoms with Crippen molar-refractivity contribution < 1.29 is 4.79 Å². The number of carbonyl (C=O) groups is 1. The van der Waals surface area contributed by atoms with E-state index in [0.29, 0.717) is 0 Å². The molecular weight excluding hydrogens is 176 g/mol. The molecule has 0 heterocycles. The second-order valence-corrected chi connectivity index (χ2v) is 4.17. The van der Waals surface area contributed by atoms with E-state index in [2.05, 4.69) is 19.2 Å². The highest BCUT2D eigenvalue weighted by molar-refractivity contribution is 5.81. The van der Waals surface area contributed by atoms with E-state index in [1.54, 1.807) is 0 Å². The van der Waals surface area contributed by atoms with Crippen LogP contribution in [-0.2, 0) is 4.79 Å². The average molecular weight is 200 g/mol. The fraction of sp³-hybridized carbons (Fsp3) is 0.909. The highest BCUT2D eigenvalue weighted by Crippen LogP contribution is 2.03. The summed E-state index contributed by atoms with van der Waals surface area (Å²) in [6.45, 7) is 8.13. The Morgan fingerprint density at radius 3 is 2.29 bits per heavy atom. The van der Waals surface area contributed by atoms with E-state index in [1.807, 2.05) is 13.8 Å². The van der Waals surface area contributed by atoms with Crippen LogP contribution in [0.15, 0.2) is 0 Å². The maximum absolute atomic E-state index is 11.6. The van der Waals surface area contributed by atoms with Crippen molar-refractivity contribution in [3.63, 3.8) is 0 Å². The summed E-state index contributed by atoms with van der Waals surface area (Å²) in [6.07, 6.45) is 3.10. The van der Waals surface area contributed by atoms with Gasteiger partial charge in [0.2, 0.25) is 5.91 Å². The van der Waals surface area contributed by atoms with Crippen molar-refractivity contribution >= 4 is 5.91 Å². The third-order valence-electron chi connectivity index (χ3n) is 2.50. The molecule has 0 aliphatic rings. The molecule has 0 aromatic rings. The number of carbonyl (C=O) groups excluding carboxylic acids is 1. The van der Waals surface area contributed by atoms with E-state index in [9.17, 15) is 4.79 Å². The van der Waals surface area contributed by atoms with E-state index in [0.717, 1.165) is 19.3 Å². The van der Waals surface area contributed by atoms with E-state index in [1.165, 1.54) is 0 Å². The first-order chi connectivity index (χ1) is 6.52.